The van der Waals surface area contributed by atoms with Crippen LogP contribution in [0.15, 0.2) is 36.5 Å². The summed E-state index contributed by atoms with van der Waals surface area (Å²) >= 11 is 0. The summed E-state index contributed by atoms with van der Waals surface area (Å²) in [6.45, 7) is 2.20. The molecule has 4 rings (SSSR count). The molecule has 1 aliphatic carbocycles. The van der Waals surface area contributed by atoms with E-state index in [1.54, 1.807) is 6.20 Å². The van der Waals surface area contributed by atoms with Crippen LogP contribution >= 0.6 is 0 Å². The molecular weight excluding hydrogens is 300 g/mol. The number of hydrogen-bond donors (Lipinski definition) is 2. The molecule has 2 N–H and O–H groups in total. The predicted molar refractivity (Wildman–Crippen MR) is 92.8 cm³/mol. The van der Waals surface area contributed by atoms with E-state index >= 15 is 0 Å². The van der Waals surface area contributed by atoms with Crippen LogP contribution in [-0.2, 0) is 6.54 Å². The lowest BCUT2D eigenvalue weighted by atomic mass is 9.94. The number of rotatable bonds is 4. The largest absolute Gasteiger partial charge is 0.334 e. The minimum atomic E-state index is 0.0457. The van der Waals surface area contributed by atoms with Crippen molar-refractivity contribution in [2.75, 3.05) is 13.1 Å². The number of amides is 2. The third-order valence-electron chi connectivity index (χ3n) is 5.22. The zero-order valence-corrected chi connectivity index (χ0v) is 13.9. The van der Waals surface area contributed by atoms with E-state index in [-0.39, 0.29) is 6.03 Å². The molecule has 2 fully saturated rings. The number of aromatic amines is 1. The Morgan fingerprint density at radius 3 is 2.46 bits per heavy atom. The van der Waals surface area contributed by atoms with Gasteiger partial charge in [-0.05, 0) is 48.8 Å². The Morgan fingerprint density at radius 2 is 1.83 bits per heavy atom. The Hall–Kier alpha value is -2.30. The Bertz CT molecular complexity index is 668. The summed E-state index contributed by atoms with van der Waals surface area (Å²) in [6, 6.07) is 10.8. The van der Waals surface area contributed by atoms with Crippen molar-refractivity contribution in [1.29, 1.82) is 0 Å². The van der Waals surface area contributed by atoms with Crippen LogP contribution in [0.2, 0.25) is 0 Å². The maximum absolute atomic E-state index is 12.3. The predicted octanol–water partition coefficient (Wildman–Crippen LogP) is 3.38. The van der Waals surface area contributed by atoms with E-state index < -0.39 is 0 Å². The van der Waals surface area contributed by atoms with E-state index in [4.69, 9.17) is 0 Å². The number of hydrogen-bond acceptors (Lipinski definition) is 2. The molecule has 5 heteroatoms. The average Bonchev–Trinajstić information content (AvgIpc) is 3.34. The van der Waals surface area contributed by atoms with Gasteiger partial charge in [0.2, 0.25) is 0 Å². The molecule has 0 spiro atoms. The van der Waals surface area contributed by atoms with Crippen LogP contribution < -0.4 is 5.32 Å². The number of nitrogens with one attached hydrogen (secondary N) is 2. The summed E-state index contributed by atoms with van der Waals surface area (Å²) in [5.74, 6) is 1.27. The summed E-state index contributed by atoms with van der Waals surface area (Å²) in [5, 5.41) is 10.1. The van der Waals surface area contributed by atoms with Gasteiger partial charge in [-0.2, -0.15) is 5.10 Å². The molecule has 1 saturated carbocycles. The second kappa shape index (κ2) is 6.67. The minimum Gasteiger partial charge on any atom is -0.334 e. The highest BCUT2D eigenvalue weighted by Gasteiger charge is 2.25. The SMILES string of the molecule is O=C(NCc1ccc(C2CC2)cc1)N1CCC(c2ccn[nH]2)CC1. The monoisotopic (exact) mass is 324 g/mol. The van der Waals surface area contributed by atoms with Gasteiger partial charge in [0.1, 0.15) is 0 Å². The highest BCUT2D eigenvalue weighted by Crippen LogP contribution is 2.39. The Labute approximate surface area is 142 Å². The average molecular weight is 324 g/mol. The molecular formula is C19H24N4O. The zero-order chi connectivity index (χ0) is 16.4. The Kier molecular flexibility index (Phi) is 4.24. The summed E-state index contributed by atoms with van der Waals surface area (Å²) in [4.78, 5) is 14.3. The smallest absolute Gasteiger partial charge is 0.317 e. The van der Waals surface area contributed by atoms with Crippen LogP contribution in [0.4, 0.5) is 4.79 Å². The van der Waals surface area contributed by atoms with Crippen LogP contribution in [0.3, 0.4) is 0 Å². The molecule has 0 bridgehead atoms. The molecule has 1 saturated heterocycles. The number of carbonyl (C=O) groups is 1. The normalized spacial score (nSPS) is 18.6. The quantitative estimate of drug-likeness (QED) is 0.906. The third-order valence-corrected chi connectivity index (χ3v) is 5.22. The van der Waals surface area contributed by atoms with Gasteiger partial charge in [-0.25, -0.2) is 4.79 Å². The van der Waals surface area contributed by atoms with Gasteiger partial charge < -0.3 is 10.2 Å². The molecule has 126 valence electrons. The highest BCUT2D eigenvalue weighted by atomic mass is 16.2. The second-order valence-corrected chi connectivity index (χ2v) is 6.95. The summed E-state index contributed by atoms with van der Waals surface area (Å²) in [5.41, 5.74) is 3.79. The molecule has 24 heavy (non-hydrogen) atoms. The maximum atomic E-state index is 12.3. The molecule has 2 heterocycles. The molecule has 2 amide bonds. The van der Waals surface area contributed by atoms with E-state index in [9.17, 15) is 4.79 Å². The van der Waals surface area contributed by atoms with Crippen LogP contribution in [0.25, 0.3) is 0 Å². The van der Waals surface area contributed by atoms with Crippen LogP contribution in [0.1, 0.15) is 54.3 Å². The van der Waals surface area contributed by atoms with Crippen LogP contribution in [0, 0.1) is 0 Å². The maximum Gasteiger partial charge on any atom is 0.317 e. The van der Waals surface area contributed by atoms with E-state index in [1.807, 2.05) is 11.0 Å². The van der Waals surface area contributed by atoms with E-state index in [0.29, 0.717) is 12.5 Å². The van der Waals surface area contributed by atoms with Crippen molar-refractivity contribution in [3.05, 3.63) is 53.3 Å². The molecule has 2 aliphatic rings. The number of piperidine rings is 1. The van der Waals surface area contributed by atoms with E-state index in [1.165, 1.54) is 29.7 Å². The molecule has 1 aromatic heterocycles. The Morgan fingerprint density at radius 1 is 1.08 bits per heavy atom. The number of aromatic nitrogens is 2. The third kappa shape index (κ3) is 3.45. The number of likely N-dealkylation sites (tertiary alicyclic amines) is 1. The van der Waals surface area contributed by atoms with Crippen molar-refractivity contribution in [2.24, 2.45) is 0 Å². The van der Waals surface area contributed by atoms with Crippen molar-refractivity contribution in [1.82, 2.24) is 20.4 Å². The van der Waals surface area contributed by atoms with Crippen LogP contribution in [0.5, 0.6) is 0 Å². The summed E-state index contributed by atoms with van der Waals surface area (Å²) < 4.78 is 0. The number of H-pyrrole nitrogens is 1. The van der Waals surface area contributed by atoms with Gasteiger partial charge in [0.05, 0.1) is 0 Å². The number of carbonyl (C=O) groups excluding carboxylic acids is 1. The fourth-order valence-corrected chi connectivity index (χ4v) is 3.50. The molecule has 5 nitrogen and oxygen atoms in total. The van der Waals surface area contributed by atoms with Gasteiger partial charge in [-0.1, -0.05) is 24.3 Å². The molecule has 1 aliphatic heterocycles. The minimum absolute atomic E-state index is 0.0457. The van der Waals surface area contributed by atoms with Crippen molar-refractivity contribution >= 4 is 6.03 Å². The van der Waals surface area contributed by atoms with Gasteiger partial charge in [-0.15, -0.1) is 0 Å². The first-order valence-electron chi connectivity index (χ1n) is 8.90. The fourth-order valence-electron chi connectivity index (χ4n) is 3.50. The van der Waals surface area contributed by atoms with Gasteiger partial charge in [-0.3, -0.25) is 5.10 Å². The summed E-state index contributed by atoms with van der Waals surface area (Å²) in [6.07, 6.45) is 6.43. The molecule has 1 aromatic carbocycles. The second-order valence-electron chi connectivity index (χ2n) is 6.95. The van der Waals surface area contributed by atoms with Crippen LogP contribution in [-0.4, -0.2) is 34.2 Å². The van der Waals surface area contributed by atoms with Gasteiger partial charge in [0, 0.05) is 37.4 Å². The van der Waals surface area contributed by atoms with Crippen molar-refractivity contribution in [3.63, 3.8) is 0 Å². The Balaban J connectivity index is 1.24. The first-order valence-corrected chi connectivity index (χ1v) is 8.90. The molecule has 2 aromatic rings. The number of urea groups is 1. The summed E-state index contributed by atoms with van der Waals surface area (Å²) in [7, 11) is 0. The van der Waals surface area contributed by atoms with Crippen molar-refractivity contribution in [3.8, 4) is 0 Å². The van der Waals surface area contributed by atoms with Crippen molar-refractivity contribution in [2.45, 2.75) is 44.1 Å². The fraction of sp³-hybridized carbons (Fsp3) is 0.474. The van der Waals surface area contributed by atoms with Gasteiger partial charge >= 0.3 is 6.03 Å². The molecule has 0 unspecified atom stereocenters. The van der Waals surface area contributed by atoms with E-state index in [2.05, 4.69) is 39.8 Å². The zero-order valence-electron chi connectivity index (χ0n) is 13.9. The lowest BCUT2D eigenvalue weighted by molar-refractivity contribution is 0.180. The molecule has 0 atom stereocenters. The van der Waals surface area contributed by atoms with Gasteiger partial charge in [0.25, 0.3) is 0 Å². The molecule has 0 radical (unpaired) electrons. The standard InChI is InChI=1S/C19H24N4O/c24-19(20-13-14-1-3-15(4-2-14)16-5-6-16)23-11-8-17(9-12-23)18-7-10-21-22-18/h1-4,7,10,16-17H,5-6,8-9,11-13H2,(H,20,24)(H,21,22). The van der Waals surface area contributed by atoms with Gasteiger partial charge in [0.15, 0.2) is 0 Å². The van der Waals surface area contributed by atoms with E-state index in [0.717, 1.165) is 31.8 Å². The van der Waals surface area contributed by atoms with Crippen molar-refractivity contribution < 1.29 is 4.79 Å². The lowest BCUT2D eigenvalue weighted by Gasteiger charge is -2.31. The number of benzene rings is 1. The lowest BCUT2D eigenvalue weighted by Crippen LogP contribution is -2.43. The number of nitrogens with zero attached hydrogens (tertiary/aromatic N) is 2. The first-order chi connectivity index (χ1) is 11.8. The highest BCUT2D eigenvalue weighted by molar-refractivity contribution is 5.74. The topological polar surface area (TPSA) is 61.0 Å². The first kappa shape index (κ1) is 15.2.